The Morgan fingerprint density at radius 1 is 1.20 bits per heavy atom. The first kappa shape index (κ1) is 13.9. The molecular formula is C15H17N3O2. The fourth-order valence-corrected chi connectivity index (χ4v) is 1.68. The van der Waals surface area contributed by atoms with Gasteiger partial charge in [-0.1, -0.05) is 0 Å². The van der Waals surface area contributed by atoms with E-state index >= 15 is 0 Å². The van der Waals surface area contributed by atoms with Crippen LogP contribution in [0.5, 0.6) is 5.75 Å². The largest absolute Gasteiger partial charge is 0.494 e. The number of urea groups is 1. The minimum atomic E-state index is -0.327. The standard InChI is InChI=1S/C15H17N3O2/c1-3-20-13-6-4-12(5-7-13)17-15(19)18-14-10-11(2)8-9-16-14/h4-10H,3H2,1-2H3,(H2,16,17,18,19). The van der Waals surface area contributed by atoms with Crippen LogP contribution < -0.4 is 15.4 Å². The van der Waals surface area contributed by atoms with Crippen LogP contribution in [-0.4, -0.2) is 17.6 Å². The minimum Gasteiger partial charge on any atom is -0.494 e. The van der Waals surface area contributed by atoms with Crippen LogP contribution in [0.3, 0.4) is 0 Å². The molecule has 1 heterocycles. The molecule has 0 aliphatic rings. The molecular weight excluding hydrogens is 254 g/mol. The van der Waals surface area contributed by atoms with Gasteiger partial charge in [0.25, 0.3) is 0 Å². The molecule has 1 aromatic carbocycles. The van der Waals surface area contributed by atoms with Crippen LogP contribution in [0.2, 0.25) is 0 Å². The van der Waals surface area contributed by atoms with E-state index in [9.17, 15) is 4.79 Å². The zero-order valence-corrected chi connectivity index (χ0v) is 11.5. The average Bonchev–Trinajstić information content (AvgIpc) is 2.41. The number of carbonyl (C=O) groups excluding carboxylic acids is 1. The molecule has 5 heteroatoms. The molecule has 104 valence electrons. The molecule has 0 aliphatic carbocycles. The van der Waals surface area contributed by atoms with Crippen molar-refractivity contribution in [3.8, 4) is 5.75 Å². The van der Waals surface area contributed by atoms with E-state index in [1.807, 2.05) is 32.0 Å². The Morgan fingerprint density at radius 3 is 2.60 bits per heavy atom. The van der Waals surface area contributed by atoms with E-state index in [-0.39, 0.29) is 6.03 Å². The topological polar surface area (TPSA) is 63.2 Å². The quantitative estimate of drug-likeness (QED) is 0.895. The summed E-state index contributed by atoms with van der Waals surface area (Å²) >= 11 is 0. The number of rotatable bonds is 4. The second-order valence-corrected chi connectivity index (χ2v) is 4.25. The summed E-state index contributed by atoms with van der Waals surface area (Å²) in [5.74, 6) is 1.30. The number of amides is 2. The molecule has 2 amide bonds. The molecule has 20 heavy (non-hydrogen) atoms. The number of pyridine rings is 1. The Bertz CT molecular complexity index is 582. The number of aromatic nitrogens is 1. The first-order valence-electron chi connectivity index (χ1n) is 6.41. The normalized spacial score (nSPS) is 9.90. The van der Waals surface area contributed by atoms with Crippen LogP contribution in [0, 0.1) is 6.92 Å². The first-order valence-corrected chi connectivity index (χ1v) is 6.41. The molecule has 0 atom stereocenters. The van der Waals surface area contributed by atoms with Crippen LogP contribution in [0.1, 0.15) is 12.5 Å². The van der Waals surface area contributed by atoms with Crippen molar-refractivity contribution in [1.29, 1.82) is 0 Å². The lowest BCUT2D eigenvalue weighted by Gasteiger charge is -2.08. The molecule has 2 aromatic rings. The number of ether oxygens (including phenoxy) is 1. The second kappa shape index (κ2) is 6.56. The van der Waals surface area contributed by atoms with E-state index in [2.05, 4.69) is 15.6 Å². The van der Waals surface area contributed by atoms with E-state index in [1.54, 1.807) is 24.4 Å². The van der Waals surface area contributed by atoms with E-state index in [1.165, 1.54) is 0 Å². The van der Waals surface area contributed by atoms with Gasteiger partial charge in [-0.25, -0.2) is 9.78 Å². The van der Waals surface area contributed by atoms with Crippen molar-refractivity contribution in [1.82, 2.24) is 4.98 Å². The van der Waals surface area contributed by atoms with Gasteiger partial charge >= 0.3 is 6.03 Å². The lowest BCUT2D eigenvalue weighted by Crippen LogP contribution is -2.20. The number of nitrogens with zero attached hydrogens (tertiary/aromatic N) is 1. The summed E-state index contributed by atoms with van der Waals surface area (Å²) in [6, 6.07) is 10.5. The number of aryl methyl sites for hydroxylation is 1. The van der Waals surface area contributed by atoms with Crippen LogP contribution in [-0.2, 0) is 0 Å². The van der Waals surface area contributed by atoms with Crippen molar-refractivity contribution >= 4 is 17.5 Å². The van der Waals surface area contributed by atoms with Gasteiger partial charge in [0.2, 0.25) is 0 Å². The smallest absolute Gasteiger partial charge is 0.324 e. The van der Waals surface area contributed by atoms with Crippen LogP contribution in [0.25, 0.3) is 0 Å². The molecule has 0 spiro atoms. The van der Waals surface area contributed by atoms with Crippen molar-refractivity contribution < 1.29 is 9.53 Å². The highest BCUT2D eigenvalue weighted by Gasteiger charge is 2.03. The summed E-state index contributed by atoms with van der Waals surface area (Å²) < 4.78 is 5.34. The molecule has 0 saturated heterocycles. The SMILES string of the molecule is CCOc1ccc(NC(=O)Nc2cc(C)ccn2)cc1. The number of carbonyl (C=O) groups is 1. The molecule has 0 aliphatic heterocycles. The van der Waals surface area contributed by atoms with Gasteiger partial charge in [-0.2, -0.15) is 0 Å². The number of anilines is 2. The Hall–Kier alpha value is -2.56. The van der Waals surface area contributed by atoms with Crippen molar-refractivity contribution in [3.63, 3.8) is 0 Å². The maximum Gasteiger partial charge on any atom is 0.324 e. The second-order valence-electron chi connectivity index (χ2n) is 4.25. The van der Waals surface area contributed by atoms with Gasteiger partial charge in [0.05, 0.1) is 6.61 Å². The first-order chi connectivity index (χ1) is 9.67. The summed E-state index contributed by atoms with van der Waals surface area (Å²) in [5.41, 5.74) is 1.73. The highest BCUT2D eigenvalue weighted by atomic mass is 16.5. The van der Waals surface area contributed by atoms with Crippen LogP contribution in [0.15, 0.2) is 42.6 Å². The monoisotopic (exact) mass is 271 g/mol. The van der Waals surface area contributed by atoms with Gasteiger partial charge in [-0.05, 0) is 55.8 Å². The maximum atomic E-state index is 11.8. The summed E-state index contributed by atoms with van der Waals surface area (Å²) in [6.45, 7) is 4.48. The third-order valence-electron chi connectivity index (χ3n) is 2.58. The summed E-state index contributed by atoms with van der Waals surface area (Å²) in [6.07, 6.45) is 1.65. The molecule has 0 bridgehead atoms. The van der Waals surface area contributed by atoms with Crippen molar-refractivity contribution in [2.24, 2.45) is 0 Å². The van der Waals surface area contributed by atoms with Crippen molar-refractivity contribution in [3.05, 3.63) is 48.2 Å². The fraction of sp³-hybridized carbons (Fsp3) is 0.200. The van der Waals surface area contributed by atoms with Crippen molar-refractivity contribution in [2.45, 2.75) is 13.8 Å². The Labute approximate surface area is 118 Å². The number of hydrogen-bond donors (Lipinski definition) is 2. The van der Waals surface area contributed by atoms with E-state index in [0.29, 0.717) is 18.1 Å². The Balaban J connectivity index is 1.94. The zero-order valence-electron chi connectivity index (χ0n) is 11.5. The van der Waals surface area contributed by atoms with E-state index < -0.39 is 0 Å². The maximum absolute atomic E-state index is 11.8. The Kier molecular flexibility index (Phi) is 4.55. The minimum absolute atomic E-state index is 0.327. The third-order valence-corrected chi connectivity index (χ3v) is 2.58. The molecule has 0 unspecified atom stereocenters. The lowest BCUT2D eigenvalue weighted by molar-refractivity contribution is 0.262. The van der Waals surface area contributed by atoms with Gasteiger partial charge in [-0.15, -0.1) is 0 Å². The van der Waals surface area contributed by atoms with Crippen molar-refractivity contribution in [2.75, 3.05) is 17.2 Å². The fourth-order valence-electron chi connectivity index (χ4n) is 1.68. The number of nitrogens with one attached hydrogen (secondary N) is 2. The Morgan fingerprint density at radius 2 is 1.95 bits per heavy atom. The lowest BCUT2D eigenvalue weighted by atomic mass is 10.3. The average molecular weight is 271 g/mol. The van der Waals surface area contributed by atoms with Gasteiger partial charge in [-0.3, -0.25) is 5.32 Å². The molecule has 0 fully saturated rings. The van der Waals surface area contributed by atoms with Crippen LogP contribution >= 0.6 is 0 Å². The molecule has 2 rings (SSSR count). The highest BCUT2D eigenvalue weighted by Crippen LogP contribution is 2.16. The van der Waals surface area contributed by atoms with Gasteiger partial charge in [0, 0.05) is 11.9 Å². The zero-order chi connectivity index (χ0) is 14.4. The molecule has 5 nitrogen and oxygen atoms in total. The predicted octanol–water partition coefficient (Wildman–Crippen LogP) is 3.43. The highest BCUT2D eigenvalue weighted by molar-refractivity contribution is 5.99. The van der Waals surface area contributed by atoms with Crippen LogP contribution in [0.4, 0.5) is 16.3 Å². The third kappa shape index (κ3) is 3.98. The number of benzene rings is 1. The molecule has 2 N–H and O–H groups in total. The van der Waals surface area contributed by atoms with Gasteiger partial charge in [0.1, 0.15) is 11.6 Å². The van der Waals surface area contributed by atoms with Gasteiger partial charge < -0.3 is 10.1 Å². The van der Waals surface area contributed by atoms with Gasteiger partial charge in [0.15, 0.2) is 0 Å². The summed E-state index contributed by atoms with van der Waals surface area (Å²) in [5, 5.41) is 5.41. The predicted molar refractivity (Wildman–Crippen MR) is 79.2 cm³/mol. The molecule has 1 aromatic heterocycles. The van der Waals surface area contributed by atoms with E-state index in [0.717, 1.165) is 11.3 Å². The number of hydrogen-bond acceptors (Lipinski definition) is 3. The van der Waals surface area contributed by atoms with E-state index in [4.69, 9.17) is 4.74 Å². The summed E-state index contributed by atoms with van der Waals surface area (Å²) in [7, 11) is 0. The molecule has 0 saturated carbocycles. The molecule has 0 radical (unpaired) electrons. The summed E-state index contributed by atoms with van der Waals surface area (Å²) in [4.78, 5) is 15.9.